The average molecular weight is 477 g/mol. The van der Waals surface area contributed by atoms with Gasteiger partial charge in [0, 0.05) is 37.4 Å². The topological polar surface area (TPSA) is 95.9 Å². The first-order chi connectivity index (χ1) is 17.0. The number of likely N-dealkylation sites (tertiary alicyclic amines) is 1. The molecular weight excluding hydrogens is 444 g/mol. The molecule has 35 heavy (non-hydrogen) atoms. The molecule has 0 aromatic heterocycles. The van der Waals surface area contributed by atoms with Crippen LogP contribution in [0.15, 0.2) is 48.5 Å². The predicted molar refractivity (Wildman–Crippen MR) is 131 cm³/mol. The standard InChI is InChI=1S/C28H32N2O5/c31-26(32)13-12-19-7-5-6-14-30(19)27(33)24-15-18(24)16-29-28(34)35-17-25-22-10-3-1-8-20(22)21-9-2-4-11-23(21)25/h1-4,8-11,18-19,24-25H,5-7,12-17H2,(H,29,34)(H,31,32). The molecule has 2 aromatic rings. The number of alkyl carbamates (subject to hydrolysis) is 1. The quantitative estimate of drug-likeness (QED) is 0.589. The molecule has 1 saturated heterocycles. The molecule has 2 N–H and O–H groups in total. The molecule has 1 heterocycles. The molecule has 0 radical (unpaired) electrons. The highest BCUT2D eigenvalue weighted by Crippen LogP contribution is 2.44. The minimum Gasteiger partial charge on any atom is -0.481 e. The summed E-state index contributed by atoms with van der Waals surface area (Å²) in [5.74, 6) is -0.663. The largest absolute Gasteiger partial charge is 0.481 e. The lowest BCUT2D eigenvalue weighted by Crippen LogP contribution is -2.45. The Balaban J connectivity index is 1.10. The number of carbonyl (C=O) groups is 3. The van der Waals surface area contributed by atoms with Crippen molar-refractivity contribution in [1.29, 1.82) is 0 Å². The van der Waals surface area contributed by atoms with Crippen molar-refractivity contribution in [3.63, 3.8) is 0 Å². The number of aliphatic carboxylic acids is 1. The highest BCUT2D eigenvalue weighted by molar-refractivity contribution is 5.82. The van der Waals surface area contributed by atoms with Crippen LogP contribution in [-0.2, 0) is 14.3 Å². The number of ether oxygens (including phenoxy) is 1. The first kappa shape index (κ1) is 23.4. The minimum absolute atomic E-state index is 0.0173. The van der Waals surface area contributed by atoms with Gasteiger partial charge in [-0.15, -0.1) is 0 Å². The van der Waals surface area contributed by atoms with E-state index in [-0.39, 0.29) is 42.7 Å². The normalized spacial score (nSPS) is 22.7. The Bertz CT molecular complexity index is 1070. The van der Waals surface area contributed by atoms with Gasteiger partial charge in [0.15, 0.2) is 0 Å². The number of benzene rings is 2. The molecule has 3 atom stereocenters. The Labute approximate surface area is 205 Å². The molecule has 2 fully saturated rings. The van der Waals surface area contributed by atoms with E-state index < -0.39 is 12.1 Å². The van der Waals surface area contributed by atoms with Crippen LogP contribution in [0.2, 0.25) is 0 Å². The molecule has 2 amide bonds. The lowest BCUT2D eigenvalue weighted by molar-refractivity contribution is -0.140. The van der Waals surface area contributed by atoms with Crippen LogP contribution in [0.3, 0.4) is 0 Å². The molecular formula is C28H32N2O5. The summed E-state index contributed by atoms with van der Waals surface area (Å²) < 4.78 is 5.60. The third-order valence-corrected chi connectivity index (χ3v) is 7.69. The predicted octanol–water partition coefficient (Wildman–Crippen LogP) is 4.41. The maximum absolute atomic E-state index is 13.0. The van der Waals surface area contributed by atoms with Crippen LogP contribution in [0.4, 0.5) is 4.79 Å². The minimum atomic E-state index is -0.820. The van der Waals surface area contributed by atoms with Crippen LogP contribution in [0.1, 0.15) is 55.6 Å². The van der Waals surface area contributed by atoms with Gasteiger partial charge in [0.2, 0.25) is 5.91 Å². The number of nitrogens with one attached hydrogen (secondary N) is 1. The van der Waals surface area contributed by atoms with E-state index in [4.69, 9.17) is 9.84 Å². The van der Waals surface area contributed by atoms with Crippen molar-refractivity contribution in [3.8, 4) is 11.1 Å². The number of piperidine rings is 1. The van der Waals surface area contributed by atoms with Gasteiger partial charge in [0.05, 0.1) is 0 Å². The summed E-state index contributed by atoms with van der Waals surface area (Å²) in [7, 11) is 0. The Kier molecular flexibility index (Phi) is 6.75. The van der Waals surface area contributed by atoms with Gasteiger partial charge in [-0.05, 0) is 60.3 Å². The van der Waals surface area contributed by atoms with E-state index in [1.807, 2.05) is 29.2 Å². The molecule has 1 aliphatic heterocycles. The Morgan fingerprint density at radius 1 is 1.00 bits per heavy atom. The second-order valence-corrected chi connectivity index (χ2v) is 9.92. The van der Waals surface area contributed by atoms with Crippen molar-refractivity contribution in [2.75, 3.05) is 19.7 Å². The molecule has 7 nitrogen and oxygen atoms in total. The summed E-state index contributed by atoms with van der Waals surface area (Å²) in [6.07, 6.45) is 3.76. The molecule has 0 bridgehead atoms. The van der Waals surface area contributed by atoms with Crippen LogP contribution in [-0.4, -0.2) is 53.7 Å². The first-order valence-electron chi connectivity index (χ1n) is 12.6. The number of fused-ring (bicyclic) bond motifs is 3. The second kappa shape index (κ2) is 10.1. The highest BCUT2D eigenvalue weighted by atomic mass is 16.5. The van der Waals surface area contributed by atoms with E-state index in [0.717, 1.165) is 25.7 Å². The Morgan fingerprint density at radius 3 is 2.37 bits per heavy atom. The number of carboxylic acid groups (broad SMARTS) is 1. The van der Waals surface area contributed by atoms with Gasteiger partial charge >= 0.3 is 12.1 Å². The summed E-state index contributed by atoms with van der Waals surface area (Å²) in [6.45, 7) is 1.39. The first-order valence-corrected chi connectivity index (χ1v) is 12.6. The number of amides is 2. The molecule has 5 rings (SSSR count). The molecule has 2 aliphatic carbocycles. The number of carbonyl (C=O) groups excluding carboxylic acids is 2. The van der Waals surface area contributed by atoms with Gasteiger partial charge in [-0.3, -0.25) is 9.59 Å². The summed E-state index contributed by atoms with van der Waals surface area (Å²) in [4.78, 5) is 38.4. The zero-order chi connectivity index (χ0) is 24.4. The van der Waals surface area contributed by atoms with Gasteiger partial charge in [0.1, 0.15) is 6.61 Å². The second-order valence-electron chi connectivity index (χ2n) is 9.92. The molecule has 184 valence electrons. The van der Waals surface area contributed by atoms with E-state index in [9.17, 15) is 14.4 Å². The fourth-order valence-corrected chi connectivity index (χ4v) is 5.73. The van der Waals surface area contributed by atoms with Crippen molar-refractivity contribution in [1.82, 2.24) is 10.2 Å². The number of rotatable bonds is 8. The maximum Gasteiger partial charge on any atom is 0.407 e. The van der Waals surface area contributed by atoms with Gasteiger partial charge in [-0.2, -0.15) is 0 Å². The number of carboxylic acids is 1. The molecule has 2 aromatic carbocycles. The van der Waals surface area contributed by atoms with Crippen LogP contribution in [0.5, 0.6) is 0 Å². The zero-order valence-electron chi connectivity index (χ0n) is 19.8. The monoisotopic (exact) mass is 476 g/mol. The molecule has 1 saturated carbocycles. The van der Waals surface area contributed by atoms with Gasteiger partial charge in [0.25, 0.3) is 0 Å². The lowest BCUT2D eigenvalue weighted by Gasteiger charge is -2.36. The van der Waals surface area contributed by atoms with Crippen LogP contribution in [0, 0.1) is 11.8 Å². The van der Waals surface area contributed by atoms with Crippen molar-refractivity contribution < 1.29 is 24.2 Å². The molecule has 3 unspecified atom stereocenters. The number of nitrogens with zero attached hydrogens (tertiary/aromatic N) is 1. The van der Waals surface area contributed by atoms with Crippen LogP contribution in [0.25, 0.3) is 11.1 Å². The summed E-state index contributed by atoms with van der Waals surface area (Å²) in [6, 6.07) is 16.5. The smallest absolute Gasteiger partial charge is 0.407 e. The number of hydrogen-bond acceptors (Lipinski definition) is 4. The van der Waals surface area contributed by atoms with E-state index in [1.165, 1.54) is 22.3 Å². The lowest BCUT2D eigenvalue weighted by atomic mass is 9.97. The average Bonchev–Trinajstić information content (AvgIpc) is 3.59. The summed E-state index contributed by atoms with van der Waals surface area (Å²) in [5.41, 5.74) is 4.73. The molecule has 7 heteroatoms. The Morgan fingerprint density at radius 2 is 1.69 bits per heavy atom. The van der Waals surface area contributed by atoms with E-state index in [1.54, 1.807) is 0 Å². The Hall–Kier alpha value is -3.35. The zero-order valence-corrected chi connectivity index (χ0v) is 19.8. The van der Waals surface area contributed by atoms with Crippen molar-refractivity contribution >= 4 is 18.0 Å². The van der Waals surface area contributed by atoms with Crippen molar-refractivity contribution in [2.24, 2.45) is 11.8 Å². The van der Waals surface area contributed by atoms with Gasteiger partial charge < -0.3 is 20.1 Å². The van der Waals surface area contributed by atoms with Crippen LogP contribution < -0.4 is 5.32 Å². The molecule has 3 aliphatic rings. The fraction of sp³-hybridized carbons (Fsp3) is 0.464. The van der Waals surface area contributed by atoms with Crippen molar-refractivity contribution in [2.45, 2.75) is 50.5 Å². The highest BCUT2D eigenvalue weighted by Gasteiger charge is 2.46. The summed E-state index contributed by atoms with van der Waals surface area (Å²) >= 11 is 0. The maximum atomic E-state index is 13.0. The van der Waals surface area contributed by atoms with Gasteiger partial charge in [-0.1, -0.05) is 48.5 Å². The fourth-order valence-electron chi connectivity index (χ4n) is 5.73. The van der Waals surface area contributed by atoms with Gasteiger partial charge in [-0.25, -0.2) is 4.79 Å². The summed E-state index contributed by atoms with van der Waals surface area (Å²) in [5, 5.41) is 11.9. The SMILES string of the molecule is O=C(O)CCC1CCCCN1C(=O)C1CC1CNC(=O)OCC1c2ccccc2-c2ccccc21. The third kappa shape index (κ3) is 5.04. The van der Waals surface area contributed by atoms with E-state index >= 15 is 0 Å². The number of hydrogen-bond donors (Lipinski definition) is 2. The van der Waals surface area contributed by atoms with E-state index in [2.05, 4.69) is 29.6 Å². The molecule has 0 spiro atoms. The third-order valence-electron chi connectivity index (χ3n) is 7.69. The van der Waals surface area contributed by atoms with Crippen molar-refractivity contribution in [3.05, 3.63) is 59.7 Å². The van der Waals surface area contributed by atoms with Crippen LogP contribution >= 0.6 is 0 Å². The van der Waals surface area contributed by atoms with E-state index in [0.29, 0.717) is 19.5 Å².